The minimum Gasteiger partial charge on any atom is -0.507 e. The van der Waals surface area contributed by atoms with E-state index in [2.05, 4.69) is 24.2 Å². The summed E-state index contributed by atoms with van der Waals surface area (Å²) < 4.78 is 0. The van der Waals surface area contributed by atoms with Crippen LogP contribution in [0.15, 0.2) is 29.3 Å². The predicted octanol–water partition coefficient (Wildman–Crippen LogP) is 1.46. The van der Waals surface area contributed by atoms with E-state index in [1.807, 2.05) is 17.0 Å². The van der Waals surface area contributed by atoms with Crippen molar-refractivity contribution in [1.29, 1.82) is 0 Å². The van der Waals surface area contributed by atoms with Gasteiger partial charge in [0.05, 0.1) is 0 Å². The average molecular weight is 319 g/mol. The molecule has 118 valence electrons. The lowest BCUT2D eigenvalue weighted by Gasteiger charge is -2.39. The first-order valence-corrected chi connectivity index (χ1v) is 8.48. The molecule has 1 aromatic rings. The fourth-order valence-electron chi connectivity index (χ4n) is 2.84. The van der Waals surface area contributed by atoms with Crippen molar-refractivity contribution in [3.63, 3.8) is 0 Å². The fraction of sp³-hybridized carbons (Fsp3) is 0.500. The van der Waals surface area contributed by atoms with Crippen molar-refractivity contribution in [3.05, 3.63) is 29.8 Å². The molecule has 1 atom stereocenters. The quantitative estimate of drug-likeness (QED) is 0.866. The molecule has 1 amide bonds. The van der Waals surface area contributed by atoms with E-state index >= 15 is 0 Å². The van der Waals surface area contributed by atoms with Crippen molar-refractivity contribution in [2.75, 3.05) is 25.4 Å². The lowest BCUT2D eigenvalue weighted by atomic mass is 10.0. The number of carbonyl (C=O) groups is 1. The summed E-state index contributed by atoms with van der Waals surface area (Å²) in [5.74, 6) is 0.949. The lowest BCUT2D eigenvalue weighted by Crippen LogP contribution is -2.59. The number of nitrogens with zero attached hydrogens (tertiary/aromatic N) is 2. The SMILES string of the molecule is CC1(C)CN(C(=O)C2CSC(c3ccccc3O)=N2)CCN1. The number of hydrogen-bond donors (Lipinski definition) is 2. The Morgan fingerprint density at radius 3 is 2.95 bits per heavy atom. The van der Waals surface area contributed by atoms with Crippen molar-refractivity contribution < 1.29 is 9.90 Å². The van der Waals surface area contributed by atoms with Crippen molar-refractivity contribution in [1.82, 2.24) is 10.2 Å². The first kappa shape index (κ1) is 15.4. The zero-order valence-corrected chi connectivity index (χ0v) is 13.7. The topological polar surface area (TPSA) is 64.9 Å². The highest BCUT2D eigenvalue weighted by Gasteiger charge is 2.34. The largest absolute Gasteiger partial charge is 0.507 e. The maximum atomic E-state index is 12.7. The Hall–Kier alpha value is -1.53. The number of rotatable bonds is 2. The van der Waals surface area contributed by atoms with Crippen molar-refractivity contribution in [3.8, 4) is 5.75 Å². The Labute approximate surface area is 134 Å². The third-order valence-corrected chi connectivity index (χ3v) is 5.03. The molecular weight excluding hydrogens is 298 g/mol. The van der Waals surface area contributed by atoms with E-state index in [9.17, 15) is 9.90 Å². The molecule has 0 saturated carbocycles. The van der Waals surface area contributed by atoms with Crippen LogP contribution in [0.2, 0.25) is 0 Å². The van der Waals surface area contributed by atoms with Crippen LogP contribution in [-0.2, 0) is 4.79 Å². The van der Waals surface area contributed by atoms with Gasteiger partial charge in [-0.15, -0.1) is 11.8 Å². The van der Waals surface area contributed by atoms with Gasteiger partial charge >= 0.3 is 0 Å². The second kappa shape index (κ2) is 5.93. The molecule has 0 spiro atoms. The number of hydrogen-bond acceptors (Lipinski definition) is 5. The monoisotopic (exact) mass is 319 g/mol. The van der Waals surface area contributed by atoms with Crippen molar-refractivity contribution >= 4 is 22.7 Å². The molecule has 2 aliphatic rings. The Bertz CT molecular complexity index is 615. The van der Waals surface area contributed by atoms with Gasteiger partial charge in [0.25, 0.3) is 0 Å². The second-order valence-electron chi connectivity index (χ2n) is 6.35. The summed E-state index contributed by atoms with van der Waals surface area (Å²) in [5, 5.41) is 14.1. The van der Waals surface area contributed by atoms with E-state index in [1.54, 1.807) is 12.1 Å². The van der Waals surface area contributed by atoms with Crippen LogP contribution < -0.4 is 5.32 Å². The van der Waals surface area contributed by atoms with E-state index in [1.165, 1.54) is 11.8 Å². The van der Waals surface area contributed by atoms with Crippen LogP contribution in [0.25, 0.3) is 0 Å². The zero-order chi connectivity index (χ0) is 15.7. The van der Waals surface area contributed by atoms with Crippen LogP contribution in [0.1, 0.15) is 19.4 Å². The van der Waals surface area contributed by atoms with Gasteiger partial charge in [0, 0.05) is 36.5 Å². The number of aliphatic imine (C=N–C) groups is 1. The van der Waals surface area contributed by atoms with E-state index in [0.29, 0.717) is 17.9 Å². The Balaban J connectivity index is 1.74. The number of phenolic OH excluding ortho intramolecular Hbond substituents is 1. The molecule has 2 heterocycles. The number of phenols is 1. The Morgan fingerprint density at radius 2 is 2.23 bits per heavy atom. The molecule has 0 bridgehead atoms. The van der Waals surface area contributed by atoms with E-state index in [-0.39, 0.29) is 23.2 Å². The van der Waals surface area contributed by atoms with Crippen molar-refractivity contribution in [2.45, 2.75) is 25.4 Å². The molecule has 5 nitrogen and oxygen atoms in total. The predicted molar refractivity (Wildman–Crippen MR) is 89.6 cm³/mol. The molecule has 6 heteroatoms. The fourth-order valence-corrected chi connectivity index (χ4v) is 3.91. The van der Waals surface area contributed by atoms with Crippen LogP contribution in [0.3, 0.4) is 0 Å². The van der Waals surface area contributed by atoms with Gasteiger partial charge < -0.3 is 15.3 Å². The smallest absolute Gasteiger partial charge is 0.248 e. The number of carbonyl (C=O) groups excluding carboxylic acids is 1. The molecule has 2 aliphatic heterocycles. The maximum Gasteiger partial charge on any atom is 0.248 e. The molecule has 1 unspecified atom stereocenters. The van der Waals surface area contributed by atoms with Gasteiger partial charge in [0.15, 0.2) is 0 Å². The number of piperazine rings is 1. The minimum absolute atomic E-state index is 0.0517. The van der Waals surface area contributed by atoms with E-state index < -0.39 is 0 Å². The van der Waals surface area contributed by atoms with Gasteiger partial charge in [-0.3, -0.25) is 9.79 Å². The summed E-state index contributed by atoms with van der Waals surface area (Å²) in [6, 6.07) is 6.79. The second-order valence-corrected chi connectivity index (χ2v) is 7.36. The Kier molecular flexibility index (Phi) is 4.14. The standard InChI is InChI=1S/C16H21N3O2S/c1-16(2)10-19(8-7-17-16)15(21)12-9-22-14(18-12)11-5-3-4-6-13(11)20/h3-6,12,17,20H,7-10H2,1-2H3. The first-order valence-electron chi connectivity index (χ1n) is 7.49. The number of nitrogens with one attached hydrogen (secondary N) is 1. The highest BCUT2D eigenvalue weighted by molar-refractivity contribution is 8.14. The molecule has 3 rings (SSSR count). The van der Waals surface area contributed by atoms with Crippen LogP contribution in [0.4, 0.5) is 0 Å². The summed E-state index contributed by atoms with van der Waals surface area (Å²) in [6.45, 7) is 6.45. The lowest BCUT2D eigenvalue weighted by molar-refractivity contribution is -0.133. The molecule has 0 radical (unpaired) electrons. The molecule has 1 saturated heterocycles. The van der Waals surface area contributed by atoms with E-state index in [0.717, 1.165) is 18.1 Å². The molecule has 2 N–H and O–H groups in total. The third kappa shape index (κ3) is 3.13. The van der Waals surface area contributed by atoms with Gasteiger partial charge in [-0.25, -0.2) is 0 Å². The maximum absolute atomic E-state index is 12.7. The van der Waals surface area contributed by atoms with Gasteiger partial charge in [-0.05, 0) is 26.0 Å². The van der Waals surface area contributed by atoms with Crippen LogP contribution in [-0.4, -0.2) is 57.9 Å². The number of para-hydroxylation sites is 1. The summed E-state index contributed by atoms with van der Waals surface area (Å²) in [4.78, 5) is 19.1. The van der Waals surface area contributed by atoms with Crippen LogP contribution in [0.5, 0.6) is 5.75 Å². The average Bonchev–Trinajstić information content (AvgIpc) is 2.95. The van der Waals surface area contributed by atoms with Gasteiger partial charge in [-0.1, -0.05) is 12.1 Å². The zero-order valence-electron chi connectivity index (χ0n) is 12.9. The molecule has 0 aliphatic carbocycles. The van der Waals surface area contributed by atoms with Gasteiger partial charge in [-0.2, -0.15) is 0 Å². The molecule has 1 fully saturated rings. The molecule has 22 heavy (non-hydrogen) atoms. The highest BCUT2D eigenvalue weighted by atomic mass is 32.2. The summed E-state index contributed by atoms with van der Waals surface area (Å²) in [7, 11) is 0. The summed E-state index contributed by atoms with van der Waals surface area (Å²) in [6.07, 6.45) is 0. The third-order valence-electron chi connectivity index (χ3n) is 3.95. The molecule has 0 aromatic heterocycles. The minimum atomic E-state index is -0.339. The highest BCUT2D eigenvalue weighted by Crippen LogP contribution is 2.29. The number of aromatic hydroxyl groups is 1. The van der Waals surface area contributed by atoms with Gasteiger partial charge in [0.1, 0.15) is 16.8 Å². The first-order chi connectivity index (χ1) is 10.5. The Morgan fingerprint density at radius 1 is 1.45 bits per heavy atom. The van der Waals surface area contributed by atoms with Gasteiger partial charge in [0.2, 0.25) is 5.91 Å². The normalized spacial score (nSPS) is 24.2. The number of thioether (sulfide) groups is 1. The van der Waals surface area contributed by atoms with E-state index in [4.69, 9.17) is 0 Å². The van der Waals surface area contributed by atoms with Crippen LogP contribution >= 0.6 is 11.8 Å². The number of benzene rings is 1. The van der Waals surface area contributed by atoms with Crippen molar-refractivity contribution in [2.24, 2.45) is 4.99 Å². The summed E-state index contributed by atoms with van der Waals surface area (Å²) >= 11 is 1.54. The number of amides is 1. The molecule has 1 aromatic carbocycles. The van der Waals surface area contributed by atoms with Crippen LogP contribution in [0, 0.1) is 0 Å². The molecular formula is C16H21N3O2S. The summed E-state index contributed by atoms with van der Waals surface area (Å²) in [5.41, 5.74) is 0.660.